The summed E-state index contributed by atoms with van der Waals surface area (Å²) in [5.41, 5.74) is 7.77. The minimum absolute atomic E-state index is 0.0733. The van der Waals surface area contributed by atoms with Gasteiger partial charge in [-0.15, -0.1) is 6.58 Å². The van der Waals surface area contributed by atoms with Crippen LogP contribution in [0, 0.1) is 11.8 Å². The van der Waals surface area contributed by atoms with Crippen molar-refractivity contribution >= 4 is 11.4 Å². The molecule has 0 aromatic carbocycles. The summed E-state index contributed by atoms with van der Waals surface area (Å²) in [6.07, 6.45) is 15.6. The average Bonchev–Trinajstić information content (AvgIpc) is 2.53. The van der Waals surface area contributed by atoms with Crippen molar-refractivity contribution in [1.29, 1.82) is 0 Å². The fraction of sp³-hybridized carbons (Fsp3) is 0.500. The molecule has 2 aliphatic rings. The van der Waals surface area contributed by atoms with E-state index in [-0.39, 0.29) is 5.83 Å². The van der Waals surface area contributed by atoms with Gasteiger partial charge in [-0.1, -0.05) is 18.6 Å². The molecular weight excluding hydrogens is 301 g/mol. The van der Waals surface area contributed by atoms with Gasteiger partial charge in [0.05, 0.1) is 18.1 Å². The zero-order valence-corrected chi connectivity index (χ0v) is 14.2. The van der Waals surface area contributed by atoms with Crippen molar-refractivity contribution in [3.8, 4) is 0 Å². The number of hydrogen-bond acceptors (Lipinski definition) is 3. The Bertz CT molecular complexity index is 641. The molecule has 3 rings (SSSR count). The van der Waals surface area contributed by atoms with Gasteiger partial charge in [-0.3, -0.25) is 4.98 Å². The van der Waals surface area contributed by atoms with Crippen LogP contribution in [-0.4, -0.2) is 9.97 Å². The molecule has 1 fully saturated rings. The van der Waals surface area contributed by atoms with E-state index in [0.29, 0.717) is 28.9 Å². The van der Waals surface area contributed by atoms with Gasteiger partial charge in [0.2, 0.25) is 0 Å². The lowest BCUT2D eigenvalue weighted by Crippen LogP contribution is -2.26. The van der Waals surface area contributed by atoms with Crippen LogP contribution in [0.3, 0.4) is 0 Å². The van der Waals surface area contributed by atoms with Crippen LogP contribution in [0.4, 0.5) is 10.2 Å². The number of nitrogens with two attached hydrogens (primary N) is 1. The van der Waals surface area contributed by atoms with E-state index < -0.39 is 0 Å². The maximum absolute atomic E-state index is 15.3. The molecule has 0 spiro atoms. The van der Waals surface area contributed by atoms with E-state index in [0.717, 1.165) is 37.7 Å². The highest BCUT2D eigenvalue weighted by atomic mass is 19.1. The quantitative estimate of drug-likeness (QED) is 0.551. The van der Waals surface area contributed by atoms with Crippen LogP contribution in [0.15, 0.2) is 42.5 Å². The molecule has 1 aromatic rings. The molecular formula is C20H26FN3. The minimum Gasteiger partial charge on any atom is -0.382 e. The van der Waals surface area contributed by atoms with Gasteiger partial charge >= 0.3 is 0 Å². The molecule has 0 radical (unpaired) electrons. The molecule has 2 N–H and O–H groups in total. The summed E-state index contributed by atoms with van der Waals surface area (Å²) >= 11 is 0. The average molecular weight is 327 g/mol. The molecule has 0 aliphatic heterocycles. The lowest BCUT2D eigenvalue weighted by molar-refractivity contribution is 0.225. The van der Waals surface area contributed by atoms with E-state index in [4.69, 9.17) is 5.73 Å². The standard InChI is InChI=1S/C20H26FN3/c1-2-3-4-5-9-16-15(14-7-6-8-14)10-11-17(20(16)21)18-12-24-19(22)13-23-18/h2,11-15H,1,3-10H2,(H2,22,24). The molecule has 128 valence electrons. The third-order valence-corrected chi connectivity index (χ3v) is 5.31. The van der Waals surface area contributed by atoms with Crippen LogP contribution in [0.25, 0.3) is 5.57 Å². The van der Waals surface area contributed by atoms with Crippen LogP contribution in [0.1, 0.15) is 57.1 Å². The smallest absolute Gasteiger partial charge is 0.141 e. The number of halogens is 1. The van der Waals surface area contributed by atoms with E-state index in [9.17, 15) is 0 Å². The van der Waals surface area contributed by atoms with Crippen LogP contribution in [0.5, 0.6) is 0 Å². The van der Waals surface area contributed by atoms with Crippen molar-refractivity contribution < 1.29 is 4.39 Å². The molecule has 1 heterocycles. The SMILES string of the molecule is C=CCCCCC1=C(F)C(c2cnc(N)cn2)=CCC1C1CCC1. The van der Waals surface area contributed by atoms with E-state index in [2.05, 4.69) is 16.5 Å². The van der Waals surface area contributed by atoms with Crippen LogP contribution < -0.4 is 5.73 Å². The minimum atomic E-state index is -0.0733. The number of nitrogens with zero attached hydrogens (tertiary/aromatic N) is 2. The first-order valence-corrected chi connectivity index (χ1v) is 8.98. The molecule has 24 heavy (non-hydrogen) atoms. The first-order chi connectivity index (χ1) is 11.7. The topological polar surface area (TPSA) is 51.8 Å². The lowest BCUT2D eigenvalue weighted by atomic mass is 9.68. The number of rotatable bonds is 7. The fourth-order valence-electron chi connectivity index (χ4n) is 3.72. The highest BCUT2D eigenvalue weighted by molar-refractivity contribution is 5.77. The summed E-state index contributed by atoms with van der Waals surface area (Å²) < 4.78 is 15.3. The molecule has 4 heteroatoms. The molecule has 1 saturated carbocycles. The largest absolute Gasteiger partial charge is 0.382 e. The van der Waals surface area contributed by atoms with Crippen LogP contribution >= 0.6 is 0 Å². The van der Waals surface area contributed by atoms with Crippen LogP contribution in [0.2, 0.25) is 0 Å². The van der Waals surface area contributed by atoms with Crippen molar-refractivity contribution in [2.45, 2.75) is 51.4 Å². The van der Waals surface area contributed by atoms with Gasteiger partial charge in [0.1, 0.15) is 11.6 Å². The number of aromatic nitrogens is 2. The Morgan fingerprint density at radius 2 is 2.08 bits per heavy atom. The van der Waals surface area contributed by atoms with E-state index in [1.807, 2.05) is 12.2 Å². The summed E-state index contributed by atoms with van der Waals surface area (Å²) in [7, 11) is 0. The Morgan fingerprint density at radius 3 is 2.71 bits per heavy atom. The summed E-state index contributed by atoms with van der Waals surface area (Å²) in [4.78, 5) is 8.31. The predicted octanol–water partition coefficient (Wildman–Crippen LogP) is 5.23. The Kier molecular flexibility index (Phi) is 5.44. The normalized spacial score (nSPS) is 21.4. The summed E-state index contributed by atoms with van der Waals surface area (Å²) in [6.45, 7) is 3.76. The molecule has 0 saturated heterocycles. The van der Waals surface area contributed by atoms with Crippen LogP contribution in [-0.2, 0) is 0 Å². The van der Waals surface area contributed by atoms with Gasteiger partial charge in [0.25, 0.3) is 0 Å². The van der Waals surface area contributed by atoms with Crippen molar-refractivity contribution in [3.05, 3.63) is 48.2 Å². The Balaban J connectivity index is 1.82. The van der Waals surface area contributed by atoms with Gasteiger partial charge in [0.15, 0.2) is 0 Å². The predicted molar refractivity (Wildman–Crippen MR) is 96.7 cm³/mol. The molecule has 0 bridgehead atoms. The first kappa shape index (κ1) is 16.9. The zero-order valence-electron chi connectivity index (χ0n) is 14.2. The molecule has 1 unspecified atom stereocenters. The highest BCUT2D eigenvalue weighted by Gasteiger charge is 2.34. The molecule has 3 nitrogen and oxygen atoms in total. The summed E-state index contributed by atoms with van der Waals surface area (Å²) in [5, 5.41) is 0. The zero-order chi connectivity index (χ0) is 16.9. The van der Waals surface area contributed by atoms with Gasteiger partial charge in [0, 0.05) is 5.57 Å². The summed E-state index contributed by atoms with van der Waals surface area (Å²) in [6, 6.07) is 0. The number of unbranched alkanes of at least 4 members (excludes halogenated alkanes) is 2. The monoisotopic (exact) mass is 327 g/mol. The van der Waals surface area contributed by atoms with E-state index in [1.165, 1.54) is 25.5 Å². The molecule has 1 aromatic heterocycles. The Hall–Kier alpha value is -1.97. The third kappa shape index (κ3) is 3.58. The first-order valence-electron chi connectivity index (χ1n) is 8.98. The second-order valence-electron chi connectivity index (χ2n) is 6.85. The number of nitrogen functional groups attached to an aromatic ring is 1. The van der Waals surface area contributed by atoms with E-state index >= 15 is 4.39 Å². The maximum Gasteiger partial charge on any atom is 0.141 e. The van der Waals surface area contributed by atoms with Crippen molar-refractivity contribution in [2.24, 2.45) is 11.8 Å². The highest BCUT2D eigenvalue weighted by Crippen LogP contribution is 2.46. The van der Waals surface area contributed by atoms with Gasteiger partial charge < -0.3 is 5.73 Å². The summed E-state index contributed by atoms with van der Waals surface area (Å²) in [5.74, 6) is 1.31. The fourth-order valence-corrected chi connectivity index (χ4v) is 3.72. The maximum atomic E-state index is 15.3. The lowest BCUT2D eigenvalue weighted by Gasteiger charge is -2.37. The number of allylic oxidation sites excluding steroid dienone is 5. The molecule has 2 aliphatic carbocycles. The second-order valence-corrected chi connectivity index (χ2v) is 6.85. The molecule has 1 atom stereocenters. The number of hydrogen-bond donors (Lipinski definition) is 1. The van der Waals surface area contributed by atoms with Gasteiger partial charge in [-0.05, 0) is 62.4 Å². The van der Waals surface area contributed by atoms with Crippen molar-refractivity contribution in [1.82, 2.24) is 9.97 Å². The van der Waals surface area contributed by atoms with Crippen molar-refractivity contribution in [3.63, 3.8) is 0 Å². The molecule has 0 amide bonds. The van der Waals surface area contributed by atoms with Gasteiger partial charge in [-0.2, -0.15) is 0 Å². The third-order valence-electron chi connectivity index (χ3n) is 5.31. The second kappa shape index (κ2) is 7.73. The van der Waals surface area contributed by atoms with E-state index in [1.54, 1.807) is 6.20 Å². The van der Waals surface area contributed by atoms with Crippen molar-refractivity contribution in [2.75, 3.05) is 5.73 Å². The number of anilines is 1. The van der Waals surface area contributed by atoms with Gasteiger partial charge in [-0.25, -0.2) is 9.37 Å². The Labute approximate surface area is 143 Å². The Morgan fingerprint density at radius 1 is 1.25 bits per heavy atom.